The van der Waals surface area contributed by atoms with Crippen molar-refractivity contribution in [2.24, 2.45) is 12.5 Å². The number of likely N-dealkylation sites (tertiary alicyclic amines) is 1. The SMILES string of the molecule is Cn1cc(C(=O)N2CCC(C)(C(=O)O)C2)c(NC(=O)OCC2c3ccccc3-c3ccccc32)n1. The first-order valence-electron chi connectivity index (χ1n) is 11.4. The van der Waals surface area contributed by atoms with Crippen molar-refractivity contribution < 1.29 is 24.2 Å². The number of nitrogens with one attached hydrogen (secondary N) is 1. The van der Waals surface area contributed by atoms with Crippen LogP contribution >= 0.6 is 0 Å². The number of carboxylic acid groups (broad SMARTS) is 1. The lowest BCUT2D eigenvalue weighted by Crippen LogP contribution is -2.35. The van der Waals surface area contributed by atoms with Crippen molar-refractivity contribution in [3.05, 3.63) is 71.4 Å². The van der Waals surface area contributed by atoms with Crippen molar-refractivity contribution in [2.75, 3.05) is 25.0 Å². The summed E-state index contributed by atoms with van der Waals surface area (Å²) in [6, 6.07) is 16.1. The van der Waals surface area contributed by atoms with Crippen molar-refractivity contribution in [1.29, 1.82) is 0 Å². The van der Waals surface area contributed by atoms with E-state index in [0.29, 0.717) is 13.0 Å². The Hall–Kier alpha value is -4.14. The first kappa shape index (κ1) is 22.6. The van der Waals surface area contributed by atoms with E-state index in [0.717, 1.165) is 22.3 Å². The number of carbonyl (C=O) groups is 3. The summed E-state index contributed by atoms with van der Waals surface area (Å²) in [4.78, 5) is 38.8. The van der Waals surface area contributed by atoms with Crippen LogP contribution in [0.4, 0.5) is 10.6 Å². The minimum Gasteiger partial charge on any atom is -0.481 e. The molecule has 0 bridgehead atoms. The van der Waals surface area contributed by atoms with Gasteiger partial charge in [0.05, 0.1) is 5.41 Å². The number of fused-ring (bicyclic) bond motifs is 3. The molecule has 2 aromatic carbocycles. The average Bonchev–Trinajstić information content (AvgIpc) is 3.51. The molecule has 35 heavy (non-hydrogen) atoms. The summed E-state index contributed by atoms with van der Waals surface area (Å²) < 4.78 is 7.01. The van der Waals surface area contributed by atoms with Crippen LogP contribution in [0, 0.1) is 5.41 Å². The summed E-state index contributed by atoms with van der Waals surface area (Å²) >= 11 is 0. The molecule has 2 heterocycles. The smallest absolute Gasteiger partial charge is 0.412 e. The highest BCUT2D eigenvalue weighted by Gasteiger charge is 2.43. The largest absolute Gasteiger partial charge is 0.481 e. The van der Waals surface area contributed by atoms with E-state index in [1.165, 1.54) is 15.8 Å². The van der Waals surface area contributed by atoms with Crippen LogP contribution < -0.4 is 5.32 Å². The third kappa shape index (κ3) is 4.03. The maximum Gasteiger partial charge on any atom is 0.412 e. The zero-order valence-corrected chi connectivity index (χ0v) is 19.5. The Kier molecular flexibility index (Phi) is 5.55. The molecule has 0 radical (unpaired) electrons. The molecule has 9 nitrogen and oxygen atoms in total. The normalized spacial score (nSPS) is 18.7. The quantitative estimate of drug-likeness (QED) is 0.583. The minimum atomic E-state index is -0.988. The van der Waals surface area contributed by atoms with Gasteiger partial charge in [-0.2, -0.15) is 5.10 Å². The van der Waals surface area contributed by atoms with Crippen LogP contribution in [0.5, 0.6) is 0 Å². The Morgan fingerprint density at radius 3 is 2.34 bits per heavy atom. The average molecular weight is 475 g/mol. The highest BCUT2D eigenvalue weighted by Crippen LogP contribution is 2.44. The van der Waals surface area contributed by atoms with Gasteiger partial charge >= 0.3 is 12.1 Å². The lowest BCUT2D eigenvalue weighted by molar-refractivity contribution is -0.147. The van der Waals surface area contributed by atoms with Gasteiger partial charge in [-0.3, -0.25) is 19.6 Å². The van der Waals surface area contributed by atoms with E-state index in [9.17, 15) is 19.5 Å². The lowest BCUT2D eigenvalue weighted by Gasteiger charge is -2.20. The van der Waals surface area contributed by atoms with E-state index in [2.05, 4.69) is 22.5 Å². The minimum absolute atomic E-state index is 0.0821. The fourth-order valence-corrected chi connectivity index (χ4v) is 4.95. The van der Waals surface area contributed by atoms with Gasteiger partial charge in [0, 0.05) is 32.3 Å². The van der Waals surface area contributed by atoms with Crippen molar-refractivity contribution in [2.45, 2.75) is 19.3 Å². The molecular weight excluding hydrogens is 448 g/mol. The molecule has 180 valence electrons. The highest BCUT2D eigenvalue weighted by molar-refractivity contribution is 6.02. The summed E-state index contributed by atoms with van der Waals surface area (Å²) in [6.07, 6.45) is 1.16. The summed E-state index contributed by atoms with van der Waals surface area (Å²) in [6.45, 7) is 2.18. The number of anilines is 1. The number of carbonyl (C=O) groups excluding carboxylic acids is 2. The second kappa shape index (κ2) is 8.57. The Balaban J connectivity index is 1.28. The monoisotopic (exact) mass is 474 g/mol. The summed E-state index contributed by atoms with van der Waals surface area (Å²) in [5.74, 6) is -1.32. The summed E-state index contributed by atoms with van der Waals surface area (Å²) in [5, 5.41) is 16.3. The zero-order valence-electron chi connectivity index (χ0n) is 19.5. The Labute approximate surface area is 202 Å². The summed E-state index contributed by atoms with van der Waals surface area (Å²) in [7, 11) is 1.64. The fourth-order valence-electron chi connectivity index (χ4n) is 4.95. The van der Waals surface area contributed by atoms with Gasteiger partial charge in [-0.1, -0.05) is 48.5 Å². The zero-order chi connectivity index (χ0) is 24.7. The molecule has 1 aromatic heterocycles. The van der Waals surface area contributed by atoms with Crippen LogP contribution in [0.3, 0.4) is 0 Å². The van der Waals surface area contributed by atoms with Crippen LogP contribution in [0.25, 0.3) is 11.1 Å². The molecule has 5 rings (SSSR count). The van der Waals surface area contributed by atoms with E-state index in [-0.39, 0.29) is 36.4 Å². The van der Waals surface area contributed by atoms with Crippen LogP contribution in [0.15, 0.2) is 54.7 Å². The number of hydrogen-bond donors (Lipinski definition) is 2. The number of nitrogens with zero attached hydrogens (tertiary/aromatic N) is 3. The van der Waals surface area contributed by atoms with E-state index >= 15 is 0 Å². The molecule has 2 amide bonds. The second-order valence-corrected chi connectivity index (χ2v) is 9.36. The van der Waals surface area contributed by atoms with Gasteiger partial charge in [-0.25, -0.2) is 4.79 Å². The Morgan fingerprint density at radius 1 is 1.11 bits per heavy atom. The fraction of sp³-hybridized carbons (Fsp3) is 0.308. The standard InChI is InChI=1S/C26H26N4O5/c1-26(24(32)33)11-12-30(15-26)23(31)20-13-29(2)28-22(20)27-25(34)35-14-21-18-9-5-3-7-16(18)17-8-4-6-10-19(17)21/h3-10,13,21H,11-12,14-15H2,1-2H3,(H,32,33)(H,27,28,34). The van der Waals surface area contributed by atoms with Crippen LogP contribution in [0.1, 0.15) is 40.7 Å². The molecule has 3 aromatic rings. The molecule has 2 N–H and O–H groups in total. The topological polar surface area (TPSA) is 114 Å². The lowest BCUT2D eigenvalue weighted by atomic mass is 9.90. The van der Waals surface area contributed by atoms with Gasteiger partial charge in [0.2, 0.25) is 0 Å². The third-order valence-electron chi connectivity index (χ3n) is 6.90. The number of carboxylic acids is 1. The van der Waals surface area contributed by atoms with Crippen molar-refractivity contribution in [1.82, 2.24) is 14.7 Å². The Morgan fingerprint density at radius 2 is 1.74 bits per heavy atom. The van der Waals surface area contributed by atoms with Crippen LogP contribution in [-0.4, -0.2) is 57.5 Å². The predicted octanol–water partition coefficient (Wildman–Crippen LogP) is 3.72. The molecular formula is C26H26N4O5. The number of aromatic nitrogens is 2. The number of rotatable bonds is 5. The molecule has 2 aliphatic rings. The maximum absolute atomic E-state index is 13.1. The molecule has 1 unspecified atom stereocenters. The van der Waals surface area contributed by atoms with Gasteiger partial charge < -0.3 is 14.7 Å². The van der Waals surface area contributed by atoms with Crippen LogP contribution in [0.2, 0.25) is 0 Å². The van der Waals surface area contributed by atoms with Crippen molar-refractivity contribution in [3.8, 4) is 11.1 Å². The second-order valence-electron chi connectivity index (χ2n) is 9.36. The molecule has 9 heteroatoms. The maximum atomic E-state index is 13.1. The predicted molar refractivity (Wildman–Crippen MR) is 128 cm³/mol. The molecule has 1 fully saturated rings. The number of amides is 2. The van der Waals surface area contributed by atoms with Gasteiger partial charge in [-0.15, -0.1) is 0 Å². The molecule has 1 saturated heterocycles. The molecule has 1 atom stereocenters. The highest BCUT2D eigenvalue weighted by atomic mass is 16.5. The number of ether oxygens (including phenoxy) is 1. The molecule has 1 aliphatic carbocycles. The van der Waals surface area contributed by atoms with E-state index < -0.39 is 17.5 Å². The number of aryl methyl sites for hydroxylation is 1. The van der Waals surface area contributed by atoms with Gasteiger partial charge in [0.15, 0.2) is 5.82 Å². The van der Waals surface area contributed by atoms with E-state index in [4.69, 9.17) is 4.74 Å². The van der Waals surface area contributed by atoms with E-state index in [1.54, 1.807) is 14.0 Å². The number of hydrogen-bond acceptors (Lipinski definition) is 5. The van der Waals surface area contributed by atoms with Crippen LogP contribution in [-0.2, 0) is 16.6 Å². The van der Waals surface area contributed by atoms with Gasteiger partial charge in [-0.05, 0) is 35.6 Å². The first-order chi connectivity index (χ1) is 16.8. The molecule has 0 spiro atoms. The number of aliphatic carboxylic acids is 1. The first-order valence-corrected chi connectivity index (χ1v) is 11.4. The van der Waals surface area contributed by atoms with E-state index in [1.807, 2.05) is 36.4 Å². The van der Waals surface area contributed by atoms with Crippen molar-refractivity contribution >= 4 is 23.8 Å². The van der Waals surface area contributed by atoms with Gasteiger partial charge in [0.25, 0.3) is 5.91 Å². The molecule has 0 saturated carbocycles. The molecule has 1 aliphatic heterocycles. The van der Waals surface area contributed by atoms with Gasteiger partial charge in [0.1, 0.15) is 12.2 Å². The number of benzene rings is 2. The summed E-state index contributed by atoms with van der Waals surface area (Å²) in [5.41, 5.74) is 3.67. The van der Waals surface area contributed by atoms with Crippen molar-refractivity contribution in [3.63, 3.8) is 0 Å². The third-order valence-corrected chi connectivity index (χ3v) is 6.90. The Bertz CT molecular complexity index is 1290.